The van der Waals surface area contributed by atoms with Crippen molar-refractivity contribution in [2.24, 2.45) is 0 Å². The molecule has 3 heteroatoms. The first-order valence-electron chi connectivity index (χ1n) is 20.1. The summed E-state index contributed by atoms with van der Waals surface area (Å²) in [5, 5.41) is 11.3. The molecule has 0 aliphatic rings. The minimum atomic E-state index is 0.875. The molecule has 0 saturated carbocycles. The van der Waals surface area contributed by atoms with Crippen LogP contribution in [0.15, 0.2) is 207 Å². The highest BCUT2D eigenvalue weighted by molar-refractivity contribution is 6.26. The third kappa shape index (κ3) is 4.64. The monoisotopic (exact) mass is 752 g/mol. The molecule has 0 radical (unpaired) electrons. The van der Waals surface area contributed by atoms with E-state index in [2.05, 4.69) is 170 Å². The Morgan fingerprint density at radius 2 is 0.593 bits per heavy atom. The lowest BCUT2D eigenvalue weighted by Crippen LogP contribution is -1.96. The molecule has 0 N–H and O–H groups in total. The molecule has 0 fully saturated rings. The summed E-state index contributed by atoms with van der Waals surface area (Å²) in [4.78, 5) is 0. The van der Waals surface area contributed by atoms with E-state index in [1.165, 1.54) is 32.7 Å². The van der Waals surface area contributed by atoms with E-state index >= 15 is 0 Å². The minimum absolute atomic E-state index is 0.875. The van der Waals surface area contributed by atoms with Crippen LogP contribution in [0.5, 0.6) is 0 Å². The number of benzene rings is 10. The molecule has 3 aromatic heterocycles. The average Bonchev–Trinajstić information content (AvgIpc) is 3.99. The first-order valence-corrected chi connectivity index (χ1v) is 20.1. The van der Waals surface area contributed by atoms with Gasteiger partial charge in [-0.1, -0.05) is 164 Å². The number of para-hydroxylation sites is 5. The van der Waals surface area contributed by atoms with Crippen molar-refractivity contribution in [2.45, 2.75) is 0 Å². The van der Waals surface area contributed by atoms with Gasteiger partial charge < -0.3 is 13.3 Å². The standard InChI is InChI=1S/C56H32O3/c1-3-19-39-37(17-1)52(33-30-31-51-47(32-33)36-16-7-8-27-48(36)57-51)38-18-2-4-20-40(38)53(39)54-41(45-25-12-23-43-34-14-5-9-28-49(34)58-55(43)45)21-11-22-42(54)46-26-13-24-44-35-15-6-10-29-50(35)59-56(44)46/h1-32H. The van der Waals surface area contributed by atoms with E-state index in [0.717, 1.165) is 99.2 Å². The van der Waals surface area contributed by atoms with Gasteiger partial charge >= 0.3 is 0 Å². The number of hydrogen-bond acceptors (Lipinski definition) is 3. The Morgan fingerprint density at radius 3 is 1.12 bits per heavy atom. The van der Waals surface area contributed by atoms with Gasteiger partial charge in [0.25, 0.3) is 0 Å². The fraction of sp³-hybridized carbons (Fsp3) is 0. The number of hydrogen-bond donors (Lipinski definition) is 0. The van der Waals surface area contributed by atoms with Crippen LogP contribution in [0.1, 0.15) is 0 Å². The summed E-state index contributed by atoms with van der Waals surface area (Å²) >= 11 is 0. The Bertz CT molecular complexity index is 3670. The summed E-state index contributed by atoms with van der Waals surface area (Å²) in [7, 11) is 0. The van der Waals surface area contributed by atoms with Crippen molar-refractivity contribution in [3.8, 4) is 44.5 Å². The van der Waals surface area contributed by atoms with Crippen LogP contribution in [-0.4, -0.2) is 0 Å². The quantitative estimate of drug-likeness (QED) is 0.168. The number of furan rings is 3. The Hall–Kier alpha value is -7.88. The van der Waals surface area contributed by atoms with Crippen LogP contribution in [0.4, 0.5) is 0 Å². The van der Waals surface area contributed by atoms with Gasteiger partial charge in [-0.15, -0.1) is 0 Å². The van der Waals surface area contributed by atoms with Crippen LogP contribution in [0.2, 0.25) is 0 Å². The summed E-state index contributed by atoms with van der Waals surface area (Å²) in [5.41, 5.74) is 14.2. The van der Waals surface area contributed by atoms with E-state index in [1.807, 2.05) is 24.3 Å². The molecule has 13 rings (SSSR count). The lowest BCUT2D eigenvalue weighted by Gasteiger charge is -2.22. The van der Waals surface area contributed by atoms with E-state index in [4.69, 9.17) is 13.3 Å². The molecule has 0 unspecified atom stereocenters. The predicted octanol–water partition coefficient (Wildman–Crippen LogP) is 16.4. The van der Waals surface area contributed by atoms with Gasteiger partial charge in [0.15, 0.2) is 0 Å². The maximum absolute atomic E-state index is 6.77. The molecule has 3 nitrogen and oxygen atoms in total. The molecule has 274 valence electrons. The SMILES string of the molecule is c1cc(-c2cccc3c2oc2ccccc23)c(-c2c3ccccc3c(-c3ccc4oc5ccccc5c4c3)c3ccccc23)c(-c2cccc3c2oc2ccccc23)c1. The Balaban J connectivity index is 1.18. The van der Waals surface area contributed by atoms with E-state index in [9.17, 15) is 0 Å². The van der Waals surface area contributed by atoms with Gasteiger partial charge in [-0.25, -0.2) is 0 Å². The first-order chi connectivity index (χ1) is 29.3. The van der Waals surface area contributed by atoms with Crippen LogP contribution in [0, 0.1) is 0 Å². The van der Waals surface area contributed by atoms with E-state index in [0.29, 0.717) is 0 Å². The van der Waals surface area contributed by atoms with Crippen molar-refractivity contribution in [2.75, 3.05) is 0 Å². The molecule has 0 spiro atoms. The number of fused-ring (bicyclic) bond motifs is 11. The summed E-state index contributed by atoms with van der Waals surface area (Å²) in [6, 6.07) is 69.1. The third-order valence-electron chi connectivity index (χ3n) is 12.3. The van der Waals surface area contributed by atoms with Gasteiger partial charge in [-0.2, -0.15) is 0 Å². The molecule has 13 aromatic rings. The molecule has 0 aliphatic carbocycles. The van der Waals surface area contributed by atoms with Crippen LogP contribution < -0.4 is 0 Å². The maximum Gasteiger partial charge on any atom is 0.143 e. The molecule has 0 amide bonds. The second-order valence-electron chi connectivity index (χ2n) is 15.4. The molecule has 0 bridgehead atoms. The second-order valence-corrected chi connectivity index (χ2v) is 15.4. The van der Waals surface area contributed by atoms with E-state index < -0.39 is 0 Å². The van der Waals surface area contributed by atoms with Crippen LogP contribution >= 0.6 is 0 Å². The summed E-state index contributed by atoms with van der Waals surface area (Å²) in [6.45, 7) is 0. The zero-order valence-electron chi connectivity index (χ0n) is 31.7. The van der Waals surface area contributed by atoms with Gasteiger partial charge in [0, 0.05) is 43.4 Å². The Morgan fingerprint density at radius 1 is 0.220 bits per heavy atom. The first kappa shape index (κ1) is 32.2. The fourth-order valence-electron chi connectivity index (χ4n) is 9.78. The molecule has 0 aliphatic heterocycles. The van der Waals surface area contributed by atoms with Crippen molar-refractivity contribution in [1.29, 1.82) is 0 Å². The molecule has 3 heterocycles. The highest BCUT2D eigenvalue weighted by Gasteiger charge is 2.25. The van der Waals surface area contributed by atoms with Gasteiger partial charge in [0.2, 0.25) is 0 Å². The van der Waals surface area contributed by atoms with Gasteiger partial charge in [0.1, 0.15) is 33.5 Å². The molecule has 0 saturated heterocycles. The van der Waals surface area contributed by atoms with Crippen LogP contribution in [0.3, 0.4) is 0 Å². The minimum Gasteiger partial charge on any atom is -0.456 e. The maximum atomic E-state index is 6.77. The summed E-state index contributed by atoms with van der Waals surface area (Å²) in [5.74, 6) is 0. The fourth-order valence-corrected chi connectivity index (χ4v) is 9.78. The Labute approximate surface area is 337 Å². The predicted molar refractivity (Wildman–Crippen MR) is 245 cm³/mol. The summed E-state index contributed by atoms with van der Waals surface area (Å²) < 4.78 is 19.8. The van der Waals surface area contributed by atoms with E-state index in [-0.39, 0.29) is 0 Å². The summed E-state index contributed by atoms with van der Waals surface area (Å²) in [6.07, 6.45) is 0. The Kier molecular flexibility index (Phi) is 6.72. The average molecular weight is 753 g/mol. The zero-order chi connectivity index (χ0) is 38.6. The van der Waals surface area contributed by atoms with Crippen molar-refractivity contribution in [1.82, 2.24) is 0 Å². The van der Waals surface area contributed by atoms with Crippen LogP contribution in [-0.2, 0) is 0 Å². The number of rotatable bonds is 4. The van der Waals surface area contributed by atoms with Crippen molar-refractivity contribution >= 4 is 87.4 Å². The van der Waals surface area contributed by atoms with E-state index in [1.54, 1.807) is 0 Å². The topological polar surface area (TPSA) is 39.4 Å². The van der Waals surface area contributed by atoms with Crippen LogP contribution in [0.25, 0.3) is 132 Å². The molecule has 59 heavy (non-hydrogen) atoms. The lowest BCUT2D eigenvalue weighted by atomic mass is 9.80. The van der Waals surface area contributed by atoms with Gasteiger partial charge in [0.05, 0.1) is 0 Å². The highest BCUT2D eigenvalue weighted by Crippen LogP contribution is 2.52. The largest absolute Gasteiger partial charge is 0.456 e. The zero-order valence-corrected chi connectivity index (χ0v) is 31.7. The smallest absolute Gasteiger partial charge is 0.143 e. The molecular weight excluding hydrogens is 721 g/mol. The molecule has 0 atom stereocenters. The van der Waals surface area contributed by atoms with Crippen molar-refractivity contribution in [3.05, 3.63) is 194 Å². The van der Waals surface area contributed by atoms with Crippen molar-refractivity contribution < 1.29 is 13.3 Å². The second kappa shape index (κ2) is 12.3. The molecular formula is C56H32O3. The highest BCUT2D eigenvalue weighted by atomic mass is 16.3. The van der Waals surface area contributed by atoms with Crippen molar-refractivity contribution in [3.63, 3.8) is 0 Å². The third-order valence-corrected chi connectivity index (χ3v) is 12.3. The molecule has 10 aromatic carbocycles. The van der Waals surface area contributed by atoms with Gasteiger partial charge in [-0.3, -0.25) is 0 Å². The lowest BCUT2D eigenvalue weighted by molar-refractivity contribution is 0.669. The normalized spacial score (nSPS) is 12.1. The van der Waals surface area contributed by atoms with Gasteiger partial charge in [-0.05, 0) is 85.3 Å².